The fourth-order valence-electron chi connectivity index (χ4n) is 3.99. The second kappa shape index (κ2) is 7.55. The fraction of sp³-hybridized carbons (Fsp3) is 0.824. The molecular formula is C17H27N5O2S. The zero-order valence-corrected chi connectivity index (χ0v) is 15.5. The number of rotatable bonds is 3. The van der Waals surface area contributed by atoms with Crippen LogP contribution in [0.1, 0.15) is 37.9 Å². The average molecular weight is 366 g/mol. The van der Waals surface area contributed by atoms with Crippen molar-refractivity contribution in [3.8, 4) is 0 Å². The molecule has 0 aromatic carbocycles. The molecule has 2 saturated heterocycles. The molecule has 138 valence electrons. The summed E-state index contributed by atoms with van der Waals surface area (Å²) in [4.78, 5) is 16.7. The molecule has 25 heavy (non-hydrogen) atoms. The Morgan fingerprint density at radius 3 is 2.72 bits per heavy atom. The molecule has 0 saturated carbocycles. The first-order chi connectivity index (χ1) is 12.2. The number of ether oxygens (including phenoxy) is 1. The Morgan fingerprint density at radius 2 is 1.96 bits per heavy atom. The fourth-order valence-corrected chi connectivity index (χ4v) is 4.29. The molecule has 3 aliphatic rings. The summed E-state index contributed by atoms with van der Waals surface area (Å²) in [5, 5.41) is 4.75. The van der Waals surface area contributed by atoms with Crippen molar-refractivity contribution in [1.29, 1.82) is 0 Å². The molecule has 0 radical (unpaired) electrons. The molecule has 1 aromatic heterocycles. The first-order valence-corrected chi connectivity index (χ1v) is 9.92. The van der Waals surface area contributed by atoms with Crippen LogP contribution in [-0.4, -0.2) is 68.9 Å². The van der Waals surface area contributed by atoms with E-state index in [1.807, 2.05) is 9.58 Å². The van der Waals surface area contributed by atoms with E-state index in [0.717, 1.165) is 75.9 Å². The zero-order chi connectivity index (χ0) is 17.2. The summed E-state index contributed by atoms with van der Waals surface area (Å²) in [5.74, 6) is 1.30. The molecule has 3 aliphatic heterocycles. The van der Waals surface area contributed by atoms with E-state index in [-0.39, 0.29) is 12.0 Å². The van der Waals surface area contributed by atoms with E-state index in [2.05, 4.69) is 9.47 Å². The van der Waals surface area contributed by atoms with Crippen molar-refractivity contribution in [3.63, 3.8) is 0 Å². The molecule has 0 spiro atoms. The monoisotopic (exact) mass is 365 g/mol. The predicted octanol–water partition coefficient (Wildman–Crippen LogP) is 1.42. The topological polar surface area (TPSA) is 55.5 Å². The lowest BCUT2D eigenvalue weighted by atomic mass is 10.2. The van der Waals surface area contributed by atoms with Crippen molar-refractivity contribution in [2.24, 2.45) is 0 Å². The maximum Gasteiger partial charge on any atom is 0.251 e. The molecule has 4 heterocycles. The van der Waals surface area contributed by atoms with Crippen LogP contribution in [0, 0.1) is 4.77 Å². The highest BCUT2D eigenvalue weighted by atomic mass is 32.1. The van der Waals surface area contributed by atoms with Crippen molar-refractivity contribution >= 4 is 18.1 Å². The van der Waals surface area contributed by atoms with Gasteiger partial charge in [0.05, 0.1) is 6.67 Å². The third-order valence-electron chi connectivity index (χ3n) is 5.50. The second-order valence-corrected chi connectivity index (χ2v) is 7.61. The quantitative estimate of drug-likeness (QED) is 0.759. The maximum atomic E-state index is 12.4. The average Bonchev–Trinajstić information content (AvgIpc) is 3.19. The van der Waals surface area contributed by atoms with E-state index in [1.54, 1.807) is 0 Å². The lowest BCUT2D eigenvalue weighted by molar-refractivity contribution is -0.142. The number of hydrogen-bond donors (Lipinski definition) is 0. The zero-order valence-electron chi connectivity index (χ0n) is 14.7. The van der Waals surface area contributed by atoms with Gasteiger partial charge in [-0.05, 0) is 37.9 Å². The van der Waals surface area contributed by atoms with Crippen LogP contribution in [0.3, 0.4) is 0 Å². The summed E-state index contributed by atoms with van der Waals surface area (Å²) < 4.78 is 10.5. The van der Waals surface area contributed by atoms with Crippen molar-refractivity contribution in [1.82, 2.24) is 24.1 Å². The van der Waals surface area contributed by atoms with Crippen LogP contribution in [-0.2, 0) is 29.2 Å². The maximum absolute atomic E-state index is 12.4. The van der Waals surface area contributed by atoms with E-state index in [1.165, 1.54) is 19.3 Å². The van der Waals surface area contributed by atoms with Gasteiger partial charge in [-0.1, -0.05) is 6.42 Å². The Kier molecular flexibility index (Phi) is 5.19. The molecule has 0 N–H and O–H groups in total. The number of aromatic nitrogens is 3. The molecule has 7 nitrogen and oxygen atoms in total. The number of nitrogens with zero attached hydrogens (tertiary/aromatic N) is 5. The van der Waals surface area contributed by atoms with Crippen molar-refractivity contribution < 1.29 is 9.53 Å². The van der Waals surface area contributed by atoms with E-state index in [0.29, 0.717) is 0 Å². The SMILES string of the molecule is O=C([C@@H]1CCCO1)N1CCN(Cn2nc3n(c2=S)CCCCC3)CC1. The van der Waals surface area contributed by atoms with Crippen LogP contribution in [0.4, 0.5) is 0 Å². The Morgan fingerprint density at radius 1 is 1.12 bits per heavy atom. The Balaban J connectivity index is 1.34. The molecule has 8 heteroatoms. The number of aryl methyl sites for hydroxylation is 1. The van der Waals surface area contributed by atoms with Crippen LogP contribution >= 0.6 is 12.2 Å². The molecular weight excluding hydrogens is 338 g/mol. The molecule has 1 atom stereocenters. The number of hydrogen-bond acceptors (Lipinski definition) is 5. The second-order valence-electron chi connectivity index (χ2n) is 7.25. The van der Waals surface area contributed by atoms with Crippen molar-refractivity contribution in [2.45, 2.75) is 57.8 Å². The third kappa shape index (κ3) is 3.66. The largest absolute Gasteiger partial charge is 0.368 e. The van der Waals surface area contributed by atoms with E-state index >= 15 is 0 Å². The van der Waals surface area contributed by atoms with Gasteiger partial charge in [-0.25, -0.2) is 4.68 Å². The molecule has 0 bridgehead atoms. The van der Waals surface area contributed by atoms with Crippen LogP contribution < -0.4 is 0 Å². The number of piperazine rings is 1. The number of fused-ring (bicyclic) bond motifs is 1. The minimum Gasteiger partial charge on any atom is -0.368 e. The molecule has 1 aromatic rings. The number of carbonyl (C=O) groups excluding carboxylic acids is 1. The highest BCUT2D eigenvalue weighted by Gasteiger charge is 2.30. The summed E-state index contributed by atoms with van der Waals surface area (Å²) in [7, 11) is 0. The molecule has 0 aliphatic carbocycles. The third-order valence-corrected chi connectivity index (χ3v) is 5.94. The van der Waals surface area contributed by atoms with Crippen LogP contribution in [0.5, 0.6) is 0 Å². The minimum absolute atomic E-state index is 0.169. The molecule has 0 unspecified atom stereocenters. The molecule has 4 rings (SSSR count). The summed E-state index contributed by atoms with van der Waals surface area (Å²) in [6, 6.07) is 0. The highest BCUT2D eigenvalue weighted by molar-refractivity contribution is 7.71. The van der Waals surface area contributed by atoms with Crippen molar-refractivity contribution in [3.05, 3.63) is 10.6 Å². The van der Waals surface area contributed by atoms with Crippen LogP contribution in [0.25, 0.3) is 0 Å². The summed E-state index contributed by atoms with van der Waals surface area (Å²) in [5.41, 5.74) is 0. The standard InChI is InChI=1S/C17H27N5O2S/c23-16(14-5-4-12-24-14)20-10-8-19(9-11-20)13-22-17(25)21-7-3-1-2-6-15(21)18-22/h14H,1-13H2/t14-/m0/s1. The van der Waals surface area contributed by atoms with Gasteiger partial charge in [0.15, 0.2) is 4.77 Å². The smallest absolute Gasteiger partial charge is 0.251 e. The minimum atomic E-state index is -0.205. The Hall–Kier alpha value is -1.25. The molecule has 2 fully saturated rings. The van der Waals surface area contributed by atoms with Crippen molar-refractivity contribution in [2.75, 3.05) is 32.8 Å². The van der Waals surface area contributed by atoms with Gasteiger partial charge in [0.25, 0.3) is 5.91 Å². The van der Waals surface area contributed by atoms with Gasteiger partial charge in [0, 0.05) is 45.8 Å². The summed E-state index contributed by atoms with van der Waals surface area (Å²) in [6.07, 6.45) is 6.35. The Bertz CT molecular complexity index is 671. The first kappa shape index (κ1) is 17.2. The lowest BCUT2D eigenvalue weighted by Crippen LogP contribution is -2.51. The van der Waals surface area contributed by atoms with E-state index < -0.39 is 0 Å². The van der Waals surface area contributed by atoms with Gasteiger partial charge in [0.2, 0.25) is 0 Å². The molecule has 1 amide bonds. The van der Waals surface area contributed by atoms with Gasteiger partial charge in [-0.3, -0.25) is 9.69 Å². The summed E-state index contributed by atoms with van der Waals surface area (Å²) >= 11 is 5.63. The van der Waals surface area contributed by atoms with E-state index in [4.69, 9.17) is 22.1 Å². The predicted molar refractivity (Wildman–Crippen MR) is 95.7 cm³/mol. The van der Waals surface area contributed by atoms with Gasteiger partial charge >= 0.3 is 0 Å². The van der Waals surface area contributed by atoms with Gasteiger partial charge in [-0.15, -0.1) is 0 Å². The Labute approximate surface area is 153 Å². The first-order valence-electron chi connectivity index (χ1n) is 9.51. The van der Waals surface area contributed by atoms with Gasteiger partial charge < -0.3 is 14.2 Å². The summed E-state index contributed by atoms with van der Waals surface area (Å²) in [6.45, 7) is 5.70. The highest BCUT2D eigenvalue weighted by Crippen LogP contribution is 2.17. The number of amides is 1. The lowest BCUT2D eigenvalue weighted by Gasteiger charge is -2.35. The van der Waals surface area contributed by atoms with Gasteiger partial charge in [0.1, 0.15) is 11.9 Å². The normalized spacial score (nSPS) is 25.0. The van der Waals surface area contributed by atoms with Crippen LogP contribution in [0.2, 0.25) is 0 Å². The van der Waals surface area contributed by atoms with E-state index in [9.17, 15) is 4.79 Å². The van der Waals surface area contributed by atoms with Crippen LogP contribution in [0.15, 0.2) is 0 Å². The van der Waals surface area contributed by atoms with Gasteiger partial charge in [-0.2, -0.15) is 5.10 Å². The number of carbonyl (C=O) groups is 1.